The molecule has 1 aliphatic rings. The van der Waals surface area contributed by atoms with Gasteiger partial charge in [0.2, 0.25) is 0 Å². The highest BCUT2D eigenvalue weighted by Gasteiger charge is 2.35. The normalized spacial score (nSPS) is 13.2. The first kappa shape index (κ1) is 22.3. The summed E-state index contributed by atoms with van der Waals surface area (Å²) in [6.45, 7) is 4.51. The molecule has 0 saturated heterocycles. The monoisotopic (exact) mass is 469 g/mol. The Balaban J connectivity index is 1.51. The van der Waals surface area contributed by atoms with Crippen LogP contribution in [0.4, 0.5) is 0 Å². The Morgan fingerprint density at radius 3 is 1.75 bits per heavy atom. The Bertz CT molecular complexity index is 1580. The second-order valence-electron chi connectivity index (χ2n) is 9.60. The molecular formula is C30H24BN3O2. The molecule has 5 aromatic rings. The van der Waals surface area contributed by atoms with E-state index in [1.807, 2.05) is 30.3 Å². The van der Waals surface area contributed by atoms with Crippen molar-refractivity contribution in [2.75, 3.05) is 0 Å². The number of rotatable bonds is 4. The van der Waals surface area contributed by atoms with Crippen molar-refractivity contribution in [2.45, 2.75) is 19.3 Å². The molecule has 1 aromatic heterocycles. The lowest BCUT2D eigenvalue weighted by Crippen LogP contribution is -2.29. The topological polar surface area (TPSA) is 79.1 Å². The maximum absolute atomic E-state index is 9.47. The smallest absolute Gasteiger partial charge is 0.423 e. The summed E-state index contributed by atoms with van der Waals surface area (Å²) in [5.74, 6) is 1.71. The van der Waals surface area contributed by atoms with Crippen LogP contribution in [0.25, 0.3) is 45.3 Å². The van der Waals surface area contributed by atoms with E-state index in [1.165, 1.54) is 22.3 Å². The summed E-state index contributed by atoms with van der Waals surface area (Å²) in [7, 11) is -1.52. The van der Waals surface area contributed by atoms with Crippen LogP contribution in [0.2, 0.25) is 0 Å². The number of hydrogen-bond donors (Lipinski definition) is 2. The Labute approximate surface area is 210 Å². The highest BCUT2D eigenvalue weighted by atomic mass is 16.4. The largest absolute Gasteiger partial charge is 0.488 e. The van der Waals surface area contributed by atoms with Gasteiger partial charge < -0.3 is 10.0 Å². The van der Waals surface area contributed by atoms with Gasteiger partial charge in [0, 0.05) is 22.1 Å². The van der Waals surface area contributed by atoms with Crippen LogP contribution in [0.15, 0.2) is 97.1 Å². The summed E-state index contributed by atoms with van der Waals surface area (Å²) in [6.07, 6.45) is 0. The summed E-state index contributed by atoms with van der Waals surface area (Å²) in [6, 6.07) is 31.8. The van der Waals surface area contributed by atoms with Crippen LogP contribution in [-0.2, 0) is 5.41 Å². The maximum Gasteiger partial charge on any atom is 0.488 e. The first-order valence-corrected chi connectivity index (χ1v) is 11.9. The van der Waals surface area contributed by atoms with E-state index in [0.717, 1.165) is 16.7 Å². The summed E-state index contributed by atoms with van der Waals surface area (Å²) in [5.41, 5.74) is 7.99. The van der Waals surface area contributed by atoms with Gasteiger partial charge in [0.05, 0.1) is 0 Å². The number of benzene rings is 4. The van der Waals surface area contributed by atoms with Crippen molar-refractivity contribution in [3.05, 3.63) is 108 Å². The average molecular weight is 469 g/mol. The van der Waals surface area contributed by atoms with Gasteiger partial charge in [-0.15, -0.1) is 0 Å². The van der Waals surface area contributed by atoms with Crippen molar-refractivity contribution in [2.24, 2.45) is 0 Å². The van der Waals surface area contributed by atoms with E-state index in [4.69, 9.17) is 15.0 Å². The molecule has 0 aliphatic heterocycles. The van der Waals surface area contributed by atoms with E-state index in [2.05, 4.69) is 56.3 Å². The van der Waals surface area contributed by atoms with E-state index in [9.17, 15) is 10.0 Å². The standard InChI is InChI=1S/C30H24BN3O2/c1-30(2)25-11-7-6-10-23(25)24-17-14-21(18-26(24)30)29-33-27(19-8-4-3-5-9-19)32-28(34-29)20-12-15-22(16-13-20)31(35)36/h3-18,35-36H,1-2H3. The molecule has 0 bridgehead atoms. The number of aromatic nitrogens is 3. The van der Waals surface area contributed by atoms with Crippen molar-refractivity contribution in [3.63, 3.8) is 0 Å². The molecule has 1 heterocycles. The fraction of sp³-hybridized carbons (Fsp3) is 0.100. The van der Waals surface area contributed by atoms with Crippen molar-refractivity contribution >= 4 is 12.6 Å². The molecule has 1 aliphatic carbocycles. The highest BCUT2D eigenvalue weighted by Crippen LogP contribution is 2.49. The van der Waals surface area contributed by atoms with Crippen LogP contribution in [-0.4, -0.2) is 32.1 Å². The van der Waals surface area contributed by atoms with Crippen LogP contribution >= 0.6 is 0 Å². The van der Waals surface area contributed by atoms with E-state index in [1.54, 1.807) is 24.3 Å². The molecule has 0 spiro atoms. The molecule has 4 aromatic carbocycles. The second-order valence-corrected chi connectivity index (χ2v) is 9.60. The molecule has 5 nitrogen and oxygen atoms in total. The van der Waals surface area contributed by atoms with Crippen molar-refractivity contribution < 1.29 is 10.0 Å². The number of fused-ring (bicyclic) bond motifs is 3. The van der Waals surface area contributed by atoms with Gasteiger partial charge in [-0.1, -0.05) is 105 Å². The van der Waals surface area contributed by atoms with E-state index >= 15 is 0 Å². The molecule has 36 heavy (non-hydrogen) atoms. The lowest BCUT2D eigenvalue weighted by Gasteiger charge is -2.21. The van der Waals surface area contributed by atoms with Gasteiger partial charge in [-0.3, -0.25) is 0 Å². The third-order valence-corrected chi connectivity index (χ3v) is 6.98. The third kappa shape index (κ3) is 3.72. The number of nitrogens with zero attached hydrogens (tertiary/aromatic N) is 3. The molecule has 6 rings (SSSR count). The zero-order chi connectivity index (χ0) is 24.9. The Kier molecular flexibility index (Phi) is 5.29. The van der Waals surface area contributed by atoms with Crippen molar-refractivity contribution in [1.82, 2.24) is 15.0 Å². The summed E-state index contributed by atoms with van der Waals surface area (Å²) >= 11 is 0. The first-order valence-electron chi connectivity index (χ1n) is 11.9. The Morgan fingerprint density at radius 1 is 0.556 bits per heavy atom. The van der Waals surface area contributed by atoms with Gasteiger partial charge in [0.1, 0.15) is 0 Å². The summed E-state index contributed by atoms with van der Waals surface area (Å²) in [5, 5.41) is 18.9. The predicted molar refractivity (Wildman–Crippen MR) is 144 cm³/mol. The third-order valence-electron chi connectivity index (χ3n) is 6.98. The molecule has 0 amide bonds. The predicted octanol–water partition coefficient (Wildman–Crippen LogP) is 4.86. The van der Waals surface area contributed by atoms with Crippen LogP contribution in [0.5, 0.6) is 0 Å². The van der Waals surface area contributed by atoms with E-state index in [0.29, 0.717) is 22.9 Å². The first-order chi connectivity index (χ1) is 17.4. The maximum atomic E-state index is 9.47. The fourth-order valence-electron chi connectivity index (χ4n) is 5.00. The molecule has 2 N–H and O–H groups in total. The van der Waals surface area contributed by atoms with Crippen molar-refractivity contribution in [1.29, 1.82) is 0 Å². The quantitative estimate of drug-likeness (QED) is 0.368. The van der Waals surface area contributed by atoms with Crippen LogP contribution in [0.3, 0.4) is 0 Å². The van der Waals surface area contributed by atoms with Gasteiger partial charge in [-0.05, 0) is 33.8 Å². The van der Waals surface area contributed by atoms with Gasteiger partial charge in [-0.25, -0.2) is 15.0 Å². The van der Waals surface area contributed by atoms with Gasteiger partial charge in [-0.2, -0.15) is 0 Å². The van der Waals surface area contributed by atoms with E-state index < -0.39 is 7.12 Å². The van der Waals surface area contributed by atoms with Crippen LogP contribution < -0.4 is 5.46 Å². The molecule has 174 valence electrons. The van der Waals surface area contributed by atoms with Crippen LogP contribution in [0, 0.1) is 0 Å². The van der Waals surface area contributed by atoms with E-state index in [-0.39, 0.29) is 5.41 Å². The zero-order valence-electron chi connectivity index (χ0n) is 20.1. The Hall–Kier alpha value is -4.13. The molecular weight excluding hydrogens is 445 g/mol. The zero-order valence-corrected chi connectivity index (χ0v) is 20.1. The lowest BCUT2D eigenvalue weighted by atomic mass is 9.80. The van der Waals surface area contributed by atoms with Crippen molar-refractivity contribution in [3.8, 4) is 45.3 Å². The average Bonchev–Trinajstić information content (AvgIpc) is 3.15. The highest BCUT2D eigenvalue weighted by molar-refractivity contribution is 6.58. The molecule has 0 saturated carbocycles. The second kappa shape index (κ2) is 8.52. The van der Waals surface area contributed by atoms with Gasteiger partial charge in [0.25, 0.3) is 0 Å². The van der Waals surface area contributed by atoms with Gasteiger partial charge in [0.15, 0.2) is 17.5 Å². The molecule has 0 fully saturated rings. The number of hydrogen-bond acceptors (Lipinski definition) is 5. The minimum atomic E-state index is -1.52. The summed E-state index contributed by atoms with van der Waals surface area (Å²) in [4.78, 5) is 14.5. The minimum Gasteiger partial charge on any atom is -0.423 e. The minimum absolute atomic E-state index is 0.124. The molecule has 6 heteroatoms. The fourth-order valence-corrected chi connectivity index (χ4v) is 5.00. The van der Waals surface area contributed by atoms with Gasteiger partial charge >= 0.3 is 7.12 Å². The Morgan fingerprint density at radius 2 is 1.08 bits per heavy atom. The summed E-state index contributed by atoms with van der Waals surface area (Å²) < 4.78 is 0. The lowest BCUT2D eigenvalue weighted by molar-refractivity contribution is 0.426. The molecule has 0 unspecified atom stereocenters. The molecule has 0 atom stereocenters. The molecule has 0 radical (unpaired) electrons. The van der Waals surface area contributed by atoms with Crippen LogP contribution in [0.1, 0.15) is 25.0 Å². The SMILES string of the molecule is CC1(C)c2ccccc2-c2ccc(-c3nc(-c4ccccc4)nc(-c4ccc(B(O)O)cc4)n3)cc21.